The van der Waals surface area contributed by atoms with Gasteiger partial charge in [-0.15, -0.1) is 24.0 Å². The van der Waals surface area contributed by atoms with Crippen molar-refractivity contribution in [2.75, 3.05) is 25.1 Å². The molecule has 1 aromatic carbocycles. The molecule has 0 aromatic heterocycles. The zero-order valence-corrected chi connectivity index (χ0v) is 20.6. The summed E-state index contributed by atoms with van der Waals surface area (Å²) in [6.45, 7) is 2.50. The quantitative estimate of drug-likeness (QED) is 0.229. The van der Waals surface area contributed by atoms with E-state index in [-0.39, 0.29) is 41.0 Å². The van der Waals surface area contributed by atoms with Crippen LogP contribution in [0.5, 0.6) is 0 Å². The van der Waals surface area contributed by atoms with Gasteiger partial charge < -0.3 is 10.6 Å². The summed E-state index contributed by atoms with van der Waals surface area (Å²) in [6.07, 6.45) is 4.54. The second-order valence-electron chi connectivity index (χ2n) is 6.78. The summed E-state index contributed by atoms with van der Waals surface area (Å²) in [5.41, 5.74) is 0. The standard InChI is InChI=1S/C19H31N3O3S2.HI/c1-3-26(23)17-10-7-9-16(15-17)22-19(20-2)21-13-8-14-27(24,25)18-11-5-4-6-12-18;/h4-6,11-12,16-17H,3,7-10,13-15H2,1-2H3,(H2,20,21,22);1H. The van der Waals surface area contributed by atoms with Gasteiger partial charge >= 0.3 is 0 Å². The molecule has 1 aromatic rings. The highest BCUT2D eigenvalue weighted by atomic mass is 127. The molecule has 0 aliphatic heterocycles. The van der Waals surface area contributed by atoms with Crippen LogP contribution < -0.4 is 10.6 Å². The van der Waals surface area contributed by atoms with Crippen LogP contribution in [0.2, 0.25) is 0 Å². The van der Waals surface area contributed by atoms with Crippen LogP contribution in [0.1, 0.15) is 39.0 Å². The van der Waals surface area contributed by atoms with Gasteiger partial charge in [0, 0.05) is 41.4 Å². The Morgan fingerprint density at radius 1 is 1.25 bits per heavy atom. The van der Waals surface area contributed by atoms with Gasteiger partial charge in [-0.25, -0.2) is 8.42 Å². The Kier molecular flexibility index (Phi) is 11.6. The lowest BCUT2D eigenvalue weighted by molar-refractivity contribution is 0.413. The molecule has 0 heterocycles. The summed E-state index contributed by atoms with van der Waals surface area (Å²) < 4.78 is 36.6. The molecule has 1 saturated carbocycles. The van der Waals surface area contributed by atoms with E-state index in [1.165, 1.54) is 0 Å². The van der Waals surface area contributed by atoms with E-state index < -0.39 is 20.6 Å². The summed E-state index contributed by atoms with van der Waals surface area (Å²) in [7, 11) is -2.29. The molecule has 0 bridgehead atoms. The zero-order chi connectivity index (χ0) is 19.7. The maximum absolute atomic E-state index is 12.3. The first-order valence-electron chi connectivity index (χ1n) is 9.58. The number of aliphatic imine (C=N–C) groups is 1. The van der Waals surface area contributed by atoms with Crippen LogP contribution >= 0.6 is 24.0 Å². The first kappa shape index (κ1) is 25.4. The molecule has 0 spiro atoms. The number of rotatable bonds is 8. The fourth-order valence-corrected chi connectivity index (χ4v) is 6.03. The van der Waals surface area contributed by atoms with Gasteiger partial charge in [0.1, 0.15) is 0 Å². The van der Waals surface area contributed by atoms with E-state index in [9.17, 15) is 12.6 Å². The number of halogens is 1. The minimum absolute atomic E-state index is 0. The Bertz CT molecular complexity index is 742. The predicted octanol–water partition coefficient (Wildman–Crippen LogP) is 2.71. The van der Waals surface area contributed by atoms with E-state index in [0.29, 0.717) is 29.6 Å². The second-order valence-corrected chi connectivity index (χ2v) is 10.9. The largest absolute Gasteiger partial charge is 0.356 e. The van der Waals surface area contributed by atoms with E-state index in [2.05, 4.69) is 15.6 Å². The molecule has 160 valence electrons. The Morgan fingerprint density at radius 2 is 1.96 bits per heavy atom. The maximum Gasteiger partial charge on any atom is 0.191 e. The van der Waals surface area contributed by atoms with Gasteiger partial charge in [0.2, 0.25) is 0 Å². The highest BCUT2D eigenvalue weighted by Gasteiger charge is 2.26. The molecule has 1 aliphatic carbocycles. The molecule has 28 heavy (non-hydrogen) atoms. The molecule has 3 atom stereocenters. The first-order chi connectivity index (χ1) is 13.0. The Hall–Kier alpha value is -0.680. The molecule has 2 rings (SSSR count). The Balaban J connectivity index is 0.00000392. The number of nitrogens with zero attached hydrogens (tertiary/aromatic N) is 1. The molecule has 2 N–H and O–H groups in total. The third-order valence-electron chi connectivity index (χ3n) is 4.83. The molecule has 0 amide bonds. The van der Waals surface area contributed by atoms with Crippen LogP contribution in [0.15, 0.2) is 40.2 Å². The summed E-state index contributed by atoms with van der Waals surface area (Å²) >= 11 is 0. The van der Waals surface area contributed by atoms with Crippen LogP contribution in [-0.2, 0) is 20.6 Å². The molecule has 0 radical (unpaired) electrons. The van der Waals surface area contributed by atoms with Gasteiger partial charge in [0.25, 0.3) is 0 Å². The molecule has 3 unspecified atom stereocenters. The number of benzene rings is 1. The maximum atomic E-state index is 12.3. The molecule has 9 heteroatoms. The van der Waals surface area contributed by atoms with Gasteiger partial charge in [-0.1, -0.05) is 31.5 Å². The van der Waals surface area contributed by atoms with E-state index in [1.54, 1.807) is 31.3 Å². The predicted molar refractivity (Wildman–Crippen MR) is 128 cm³/mol. The van der Waals surface area contributed by atoms with Crippen molar-refractivity contribution in [1.82, 2.24) is 10.6 Å². The summed E-state index contributed by atoms with van der Waals surface area (Å²) in [6, 6.07) is 8.80. The summed E-state index contributed by atoms with van der Waals surface area (Å²) in [5.74, 6) is 1.49. The smallest absolute Gasteiger partial charge is 0.191 e. The van der Waals surface area contributed by atoms with Gasteiger partial charge in [-0.05, 0) is 37.8 Å². The minimum atomic E-state index is -3.25. The normalized spacial score (nSPS) is 21.4. The lowest BCUT2D eigenvalue weighted by Crippen LogP contribution is -2.47. The fraction of sp³-hybridized carbons (Fsp3) is 0.632. The van der Waals surface area contributed by atoms with Crippen molar-refractivity contribution in [1.29, 1.82) is 0 Å². The van der Waals surface area contributed by atoms with E-state index in [0.717, 1.165) is 25.7 Å². The van der Waals surface area contributed by atoms with Crippen LogP contribution in [0, 0.1) is 0 Å². The number of sulfone groups is 1. The average molecular weight is 542 g/mol. The van der Waals surface area contributed by atoms with Crippen LogP contribution in [0.25, 0.3) is 0 Å². The molecule has 0 saturated heterocycles. The molecule has 1 fully saturated rings. The van der Waals surface area contributed by atoms with E-state index >= 15 is 0 Å². The summed E-state index contributed by atoms with van der Waals surface area (Å²) in [4.78, 5) is 4.60. The third kappa shape index (κ3) is 7.98. The lowest BCUT2D eigenvalue weighted by atomic mass is 9.95. The molecule has 1 aliphatic rings. The van der Waals surface area contributed by atoms with Crippen molar-refractivity contribution < 1.29 is 12.6 Å². The van der Waals surface area contributed by atoms with Gasteiger partial charge in [0.05, 0.1) is 10.6 Å². The van der Waals surface area contributed by atoms with Crippen LogP contribution in [-0.4, -0.2) is 55.0 Å². The van der Waals surface area contributed by atoms with Gasteiger partial charge in [-0.3, -0.25) is 9.20 Å². The highest BCUT2D eigenvalue weighted by Crippen LogP contribution is 2.23. The monoisotopic (exact) mass is 541 g/mol. The van der Waals surface area contributed by atoms with Crippen molar-refractivity contribution in [2.24, 2.45) is 4.99 Å². The first-order valence-corrected chi connectivity index (χ1v) is 12.6. The number of hydrogen-bond acceptors (Lipinski definition) is 4. The van der Waals surface area contributed by atoms with Crippen LogP contribution in [0.4, 0.5) is 0 Å². The fourth-order valence-electron chi connectivity index (χ4n) is 3.35. The second kappa shape index (κ2) is 12.8. The van der Waals surface area contributed by atoms with Crippen LogP contribution in [0.3, 0.4) is 0 Å². The summed E-state index contributed by atoms with van der Waals surface area (Å²) in [5, 5.41) is 6.86. The van der Waals surface area contributed by atoms with Gasteiger partial charge in [0.15, 0.2) is 15.8 Å². The Labute approximate surface area is 188 Å². The third-order valence-corrected chi connectivity index (χ3v) is 8.39. The molecular weight excluding hydrogens is 509 g/mol. The molecular formula is C19H32IN3O3S2. The van der Waals surface area contributed by atoms with E-state index in [1.807, 2.05) is 13.0 Å². The average Bonchev–Trinajstić information content (AvgIpc) is 2.70. The number of guanidine groups is 1. The highest BCUT2D eigenvalue weighted by molar-refractivity contribution is 14.0. The van der Waals surface area contributed by atoms with Crippen molar-refractivity contribution in [3.63, 3.8) is 0 Å². The number of nitrogens with one attached hydrogen (secondary N) is 2. The lowest BCUT2D eigenvalue weighted by Gasteiger charge is -2.30. The van der Waals surface area contributed by atoms with Crippen molar-refractivity contribution in [3.8, 4) is 0 Å². The van der Waals surface area contributed by atoms with Gasteiger partial charge in [-0.2, -0.15) is 0 Å². The van der Waals surface area contributed by atoms with Crippen molar-refractivity contribution >= 4 is 50.6 Å². The Morgan fingerprint density at radius 3 is 2.61 bits per heavy atom. The SMILES string of the molecule is CCS(=O)C1CCCC(NC(=NC)NCCCS(=O)(=O)c2ccccc2)C1.I. The minimum Gasteiger partial charge on any atom is -0.356 e. The van der Waals surface area contributed by atoms with Crippen molar-refractivity contribution in [2.45, 2.75) is 55.2 Å². The van der Waals surface area contributed by atoms with Crippen molar-refractivity contribution in [3.05, 3.63) is 30.3 Å². The van der Waals surface area contributed by atoms with E-state index in [4.69, 9.17) is 0 Å². The molecule has 6 nitrogen and oxygen atoms in total. The zero-order valence-electron chi connectivity index (χ0n) is 16.6. The number of hydrogen-bond donors (Lipinski definition) is 2. The topological polar surface area (TPSA) is 87.6 Å².